The molecule has 5 nitrogen and oxygen atoms in total. The summed E-state index contributed by atoms with van der Waals surface area (Å²) >= 11 is 0. The predicted octanol–water partition coefficient (Wildman–Crippen LogP) is 2.35. The van der Waals surface area contributed by atoms with Gasteiger partial charge in [0.2, 0.25) is 0 Å². The minimum atomic E-state index is -3.37. The number of nitrogens with zero attached hydrogens (tertiary/aromatic N) is 2. The Hall–Kier alpha value is -0.660. The molecule has 0 radical (unpaired) electrons. The third kappa shape index (κ3) is 4.11. The molecule has 1 unspecified atom stereocenters. The van der Waals surface area contributed by atoms with E-state index in [1.807, 2.05) is 0 Å². The van der Waals surface area contributed by atoms with Crippen LogP contribution < -0.4 is 5.32 Å². The van der Waals surface area contributed by atoms with E-state index in [1.54, 1.807) is 8.61 Å². The average molecular weight is 374 g/mol. The summed E-state index contributed by atoms with van der Waals surface area (Å²) in [7, 11) is -3.37. The van der Waals surface area contributed by atoms with Gasteiger partial charge in [0.15, 0.2) is 0 Å². The Morgan fingerprint density at radius 1 is 1.08 bits per heavy atom. The average Bonchev–Trinajstić information content (AvgIpc) is 2.62. The van der Waals surface area contributed by atoms with Gasteiger partial charge >= 0.3 is 0 Å². The summed E-state index contributed by atoms with van der Waals surface area (Å²) in [5.41, 5.74) is 2.36. The first kappa shape index (κ1) is 19.7. The molecular formula is C17H28ClN3O2S. The zero-order chi connectivity index (χ0) is 16.3. The summed E-state index contributed by atoms with van der Waals surface area (Å²) in [6, 6.07) is 8.26. The first-order valence-corrected chi connectivity index (χ1v) is 10.1. The van der Waals surface area contributed by atoms with Crippen LogP contribution in [0.5, 0.6) is 0 Å². The van der Waals surface area contributed by atoms with Crippen LogP contribution in [-0.2, 0) is 16.6 Å². The highest BCUT2D eigenvalue weighted by atomic mass is 35.5. The number of halogens is 1. The number of benzene rings is 1. The highest BCUT2D eigenvalue weighted by Gasteiger charge is 2.37. The Morgan fingerprint density at radius 3 is 2.38 bits per heavy atom. The summed E-state index contributed by atoms with van der Waals surface area (Å²) in [5, 5.41) is 3.34. The van der Waals surface area contributed by atoms with Crippen molar-refractivity contribution in [2.45, 2.75) is 38.6 Å². The molecule has 2 aliphatic rings. The first-order valence-electron chi connectivity index (χ1n) is 8.69. The zero-order valence-electron chi connectivity index (χ0n) is 14.3. The van der Waals surface area contributed by atoms with Crippen LogP contribution >= 0.6 is 12.4 Å². The minimum Gasteiger partial charge on any atom is -0.313 e. The molecule has 0 aliphatic carbocycles. The quantitative estimate of drug-likeness (QED) is 0.881. The van der Waals surface area contributed by atoms with E-state index in [0.717, 1.165) is 37.8 Å². The highest BCUT2D eigenvalue weighted by Crippen LogP contribution is 2.28. The molecule has 2 fully saturated rings. The fourth-order valence-corrected chi connectivity index (χ4v) is 5.32. The normalized spacial score (nSPS) is 23.6. The summed E-state index contributed by atoms with van der Waals surface area (Å²) in [4.78, 5) is 0. The summed E-state index contributed by atoms with van der Waals surface area (Å²) in [5.74, 6) is 0. The molecule has 1 N–H and O–H groups in total. The lowest BCUT2D eigenvalue weighted by atomic mass is 10.0. The van der Waals surface area contributed by atoms with Gasteiger partial charge in [-0.05, 0) is 30.4 Å². The van der Waals surface area contributed by atoms with Crippen molar-refractivity contribution in [1.29, 1.82) is 0 Å². The predicted molar refractivity (Wildman–Crippen MR) is 99.7 cm³/mol. The molecule has 2 saturated heterocycles. The maximum Gasteiger partial charge on any atom is 0.282 e. The molecule has 1 aromatic rings. The van der Waals surface area contributed by atoms with Crippen molar-refractivity contribution in [2.24, 2.45) is 0 Å². The molecule has 3 rings (SSSR count). The number of hydrogen-bond acceptors (Lipinski definition) is 3. The Labute approximate surface area is 152 Å². The number of rotatable bonds is 4. The van der Waals surface area contributed by atoms with Crippen molar-refractivity contribution >= 4 is 22.6 Å². The van der Waals surface area contributed by atoms with E-state index in [0.29, 0.717) is 26.2 Å². The van der Waals surface area contributed by atoms with Gasteiger partial charge in [0.1, 0.15) is 0 Å². The van der Waals surface area contributed by atoms with E-state index in [1.165, 1.54) is 5.56 Å². The van der Waals surface area contributed by atoms with Gasteiger partial charge in [-0.1, -0.05) is 37.6 Å². The van der Waals surface area contributed by atoms with Gasteiger partial charge in [0.25, 0.3) is 10.2 Å². The number of nitrogens with one attached hydrogen (secondary N) is 1. The van der Waals surface area contributed by atoms with Crippen LogP contribution in [0.3, 0.4) is 0 Å². The lowest BCUT2D eigenvalue weighted by Gasteiger charge is -2.39. The Morgan fingerprint density at radius 2 is 1.75 bits per heavy atom. The van der Waals surface area contributed by atoms with Crippen molar-refractivity contribution in [2.75, 3.05) is 32.7 Å². The van der Waals surface area contributed by atoms with Crippen LogP contribution in [0, 0.1) is 0 Å². The maximum absolute atomic E-state index is 13.1. The third-order valence-corrected chi connectivity index (χ3v) is 6.95. The van der Waals surface area contributed by atoms with E-state index in [-0.39, 0.29) is 18.4 Å². The zero-order valence-corrected chi connectivity index (χ0v) is 15.9. The van der Waals surface area contributed by atoms with E-state index in [9.17, 15) is 8.42 Å². The van der Waals surface area contributed by atoms with Gasteiger partial charge in [-0.2, -0.15) is 17.0 Å². The molecule has 2 heterocycles. The largest absolute Gasteiger partial charge is 0.313 e. The van der Waals surface area contributed by atoms with Crippen LogP contribution in [0.4, 0.5) is 0 Å². The van der Waals surface area contributed by atoms with Gasteiger partial charge in [-0.15, -0.1) is 12.4 Å². The molecule has 0 saturated carbocycles. The molecule has 0 spiro atoms. The SMILES string of the molecule is CCc1ccc(C2CNCCN2S(=O)(=O)N2CCCCC2)cc1.Cl. The number of piperazine rings is 1. The van der Waals surface area contributed by atoms with E-state index >= 15 is 0 Å². The summed E-state index contributed by atoms with van der Waals surface area (Å²) in [6.07, 6.45) is 4.08. The van der Waals surface area contributed by atoms with Gasteiger partial charge in [-0.3, -0.25) is 0 Å². The van der Waals surface area contributed by atoms with E-state index in [4.69, 9.17) is 0 Å². The van der Waals surface area contributed by atoms with Gasteiger partial charge in [0.05, 0.1) is 6.04 Å². The first-order chi connectivity index (χ1) is 11.1. The van der Waals surface area contributed by atoms with Crippen molar-refractivity contribution < 1.29 is 8.42 Å². The van der Waals surface area contributed by atoms with Gasteiger partial charge in [0, 0.05) is 32.7 Å². The molecular weight excluding hydrogens is 346 g/mol. The third-order valence-electron chi connectivity index (χ3n) is 4.90. The molecule has 0 aromatic heterocycles. The smallest absolute Gasteiger partial charge is 0.282 e. The second-order valence-corrected chi connectivity index (χ2v) is 8.27. The molecule has 0 amide bonds. The fraction of sp³-hybridized carbons (Fsp3) is 0.647. The Bertz CT molecular complexity index is 615. The Kier molecular flexibility index (Phi) is 7.07. The van der Waals surface area contributed by atoms with Crippen molar-refractivity contribution in [3.8, 4) is 0 Å². The molecule has 7 heteroatoms. The van der Waals surface area contributed by atoms with Gasteiger partial charge < -0.3 is 5.32 Å². The van der Waals surface area contributed by atoms with Gasteiger partial charge in [-0.25, -0.2) is 0 Å². The standard InChI is InChI=1S/C17H27N3O2S.ClH/c1-2-15-6-8-16(9-7-15)17-14-18-10-13-20(17)23(21,22)19-11-4-3-5-12-19;/h6-9,17-18H,2-5,10-14H2,1H3;1H. The second kappa shape index (κ2) is 8.63. The van der Waals surface area contributed by atoms with Crippen molar-refractivity contribution in [3.05, 3.63) is 35.4 Å². The van der Waals surface area contributed by atoms with E-state index < -0.39 is 10.2 Å². The molecule has 2 aliphatic heterocycles. The lowest BCUT2D eigenvalue weighted by Crippen LogP contribution is -2.54. The topological polar surface area (TPSA) is 52.7 Å². The van der Waals surface area contributed by atoms with Crippen molar-refractivity contribution in [3.63, 3.8) is 0 Å². The molecule has 0 bridgehead atoms. The molecule has 24 heavy (non-hydrogen) atoms. The van der Waals surface area contributed by atoms with Crippen molar-refractivity contribution in [1.82, 2.24) is 13.9 Å². The minimum absolute atomic E-state index is 0. The summed E-state index contributed by atoms with van der Waals surface area (Å²) in [6.45, 7) is 5.39. The molecule has 1 atom stereocenters. The van der Waals surface area contributed by atoms with Crippen LogP contribution in [-0.4, -0.2) is 49.8 Å². The van der Waals surface area contributed by atoms with Crippen LogP contribution in [0.25, 0.3) is 0 Å². The maximum atomic E-state index is 13.1. The number of hydrogen-bond donors (Lipinski definition) is 1. The summed E-state index contributed by atoms with van der Waals surface area (Å²) < 4.78 is 29.5. The number of piperidine rings is 1. The molecule has 1 aromatic carbocycles. The Balaban J connectivity index is 0.00000208. The highest BCUT2D eigenvalue weighted by molar-refractivity contribution is 7.86. The number of aryl methyl sites for hydroxylation is 1. The monoisotopic (exact) mass is 373 g/mol. The van der Waals surface area contributed by atoms with Crippen LogP contribution in [0.2, 0.25) is 0 Å². The second-order valence-electron chi connectivity index (χ2n) is 6.39. The van der Waals surface area contributed by atoms with Crippen LogP contribution in [0.1, 0.15) is 43.4 Å². The lowest BCUT2D eigenvalue weighted by molar-refractivity contribution is 0.237. The molecule has 136 valence electrons. The fourth-order valence-electron chi connectivity index (χ4n) is 3.47. The van der Waals surface area contributed by atoms with Crippen LogP contribution in [0.15, 0.2) is 24.3 Å². The van der Waals surface area contributed by atoms with E-state index in [2.05, 4.69) is 36.5 Å².